The van der Waals surface area contributed by atoms with Crippen LogP contribution in [0.1, 0.15) is 28.4 Å². The molecule has 0 aromatic heterocycles. The molecule has 230 valence electrons. The van der Waals surface area contributed by atoms with Crippen molar-refractivity contribution in [3.05, 3.63) is 63.6 Å². The smallest absolute Gasteiger partial charge is 0.308 e. The number of nitrogens with two attached hydrogens (primary N) is 1. The first-order chi connectivity index (χ1) is 20.3. The van der Waals surface area contributed by atoms with E-state index in [1.165, 1.54) is 18.5 Å². The van der Waals surface area contributed by atoms with E-state index >= 15 is 0 Å². The van der Waals surface area contributed by atoms with Crippen LogP contribution in [0.5, 0.6) is 0 Å². The van der Waals surface area contributed by atoms with Crippen molar-refractivity contribution in [2.24, 2.45) is 10.8 Å². The molecular weight excluding hydrogens is 593 g/mol. The third kappa shape index (κ3) is 14.5. The van der Waals surface area contributed by atoms with Gasteiger partial charge in [-0.3, -0.25) is 14.4 Å². The van der Waals surface area contributed by atoms with E-state index in [-0.39, 0.29) is 45.0 Å². The van der Waals surface area contributed by atoms with E-state index in [2.05, 4.69) is 21.1 Å². The van der Waals surface area contributed by atoms with Crippen molar-refractivity contribution in [3.8, 4) is 0 Å². The molecule has 0 radical (unpaired) electrons. The maximum absolute atomic E-state index is 12.7. The largest absolute Gasteiger partial charge is 0.463 e. The van der Waals surface area contributed by atoms with E-state index in [1.807, 2.05) is 0 Å². The topological polar surface area (TPSA) is 183 Å². The number of esters is 1. The second-order valence-corrected chi connectivity index (χ2v) is 9.34. The standard InChI is InChI=1S/C27H35Cl2N5O8/c28-21-12-20(13-22(29)15-21)24(16-26(37)42-11-10-41-9-8-40-7-6-39-5-4-35)34-25(36)17-31-27(38)19-2-1-3-23(14-19)32-18-33-30/h1-3,12-15,18,24,35H,4-11,16-17,30H2,(H,31,38)(H,32,33)(H,34,36). The molecule has 0 saturated heterocycles. The number of rotatable bonds is 20. The van der Waals surface area contributed by atoms with Gasteiger partial charge in [0, 0.05) is 15.6 Å². The molecule has 13 nitrogen and oxygen atoms in total. The normalized spacial score (nSPS) is 11.7. The Kier molecular flexibility index (Phi) is 17.1. The fraction of sp³-hybridized carbons (Fsp3) is 0.407. The Hall–Kier alpha value is -3.30. The highest BCUT2D eigenvalue weighted by molar-refractivity contribution is 6.34. The van der Waals surface area contributed by atoms with Gasteiger partial charge < -0.3 is 40.1 Å². The number of aliphatic hydroxyl groups is 1. The van der Waals surface area contributed by atoms with Crippen LogP contribution in [-0.4, -0.2) is 88.6 Å². The summed E-state index contributed by atoms with van der Waals surface area (Å²) in [6.45, 7) is 1.38. The van der Waals surface area contributed by atoms with Crippen molar-refractivity contribution in [2.75, 3.05) is 59.4 Å². The molecule has 0 spiro atoms. The molecule has 1 atom stereocenters. The second-order valence-electron chi connectivity index (χ2n) is 8.47. The summed E-state index contributed by atoms with van der Waals surface area (Å²) in [6, 6.07) is 10.3. The number of benzene rings is 2. The Morgan fingerprint density at radius 3 is 2.21 bits per heavy atom. The zero-order valence-electron chi connectivity index (χ0n) is 22.9. The van der Waals surface area contributed by atoms with Gasteiger partial charge in [0.2, 0.25) is 5.91 Å². The lowest BCUT2D eigenvalue weighted by atomic mass is 10.0. The Morgan fingerprint density at radius 2 is 1.57 bits per heavy atom. The fourth-order valence-electron chi connectivity index (χ4n) is 3.42. The van der Waals surface area contributed by atoms with Crippen molar-refractivity contribution in [2.45, 2.75) is 12.5 Å². The molecule has 2 rings (SSSR count). The van der Waals surface area contributed by atoms with Crippen molar-refractivity contribution >= 4 is 53.0 Å². The summed E-state index contributed by atoms with van der Waals surface area (Å²) >= 11 is 12.3. The minimum absolute atomic E-state index is 0.00405. The van der Waals surface area contributed by atoms with Crippen LogP contribution in [0.4, 0.5) is 5.69 Å². The van der Waals surface area contributed by atoms with Crippen LogP contribution in [-0.2, 0) is 28.5 Å². The predicted octanol–water partition coefficient (Wildman–Crippen LogP) is 1.68. The van der Waals surface area contributed by atoms with Gasteiger partial charge in [0.25, 0.3) is 5.91 Å². The van der Waals surface area contributed by atoms with Gasteiger partial charge in [-0.2, -0.15) is 0 Å². The molecule has 0 aliphatic heterocycles. The monoisotopic (exact) mass is 627 g/mol. The van der Waals surface area contributed by atoms with E-state index in [4.69, 9.17) is 53.1 Å². The van der Waals surface area contributed by atoms with Gasteiger partial charge >= 0.3 is 5.97 Å². The summed E-state index contributed by atoms with van der Waals surface area (Å²) in [5.74, 6) is 3.52. The Balaban J connectivity index is 1.84. The molecule has 1 unspecified atom stereocenters. The zero-order valence-corrected chi connectivity index (χ0v) is 24.4. The van der Waals surface area contributed by atoms with E-state index in [0.29, 0.717) is 47.7 Å². The van der Waals surface area contributed by atoms with Crippen molar-refractivity contribution in [3.63, 3.8) is 0 Å². The number of carbonyl (C=O) groups is 3. The van der Waals surface area contributed by atoms with Gasteiger partial charge in [0.1, 0.15) is 12.9 Å². The Bertz CT molecular complexity index is 1150. The summed E-state index contributed by atoms with van der Waals surface area (Å²) in [5.41, 5.74) is 3.53. The number of hydrogen-bond acceptors (Lipinski definition) is 10. The summed E-state index contributed by atoms with van der Waals surface area (Å²) < 4.78 is 21.0. The molecule has 2 aromatic rings. The first-order valence-corrected chi connectivity index (χ1v) is 13.7. The molecule has 2 amide bonds. The van der Waals surface area contributed by atoms with Gasteiger partial charge in [-0.25, -0.2) is 10.8 Å². The number of nitrogens with zero attached hydrogens (tertiary/aromatic N) is 1. The highest BCUT2D eigenvalue weighted by atomic mass is 35.5. The van der Waals surface area contributed by atoms with E-state index < -0.39 is 23.8 Å². The number of nitrogens with one attached hydrogen (secondary N) is 3. The Morgan fingerprint density at radius 1 is 0.929 bits per heavy atom. The van der Waals surface area contributed by atoms with Crippen LogP contribution in [0.15, 0.2) is 47.5 Å². The molecule has 0 bridgehead atoms. The van der Waals surface area contributed by atoms with Crippen molar-refractivity contribution in [1.29, 1.82) is 0 Å². The molecule has 42 heavy (non-hydrogen) atoms. The molecule has 2 aromatic carbocycles. The molecule has 0 aliphatic rings. The molecule has 0 fully saturated rings. The number of hydrogen-bond donors (Lipinski definition) is 5. The number of ether oxygens (including phenoxy) is 4. The quantitative estimate of drug-likeness (QED) is 0.0361. The summed E-state index contributed by atoms with van der Waals surface area (Å²) in [5, 5.41) is 14.5. The average Bonchev–Trinajstić information content (AvgIpc) is 2.97. The minimum Gasteiger partial charge on any atom is -0.463 e. The fourth-order valence-corrected chi connectivity index (χ4v) is 3.97. The summed E-state index contributed by atoms with van der Waals surface area (Å²) in [7, 11) is 0. The lowest BCUT2D eigenvalue weighted by molar-refractivity contribution is -0.146. The summed E-state index contributed by atoms with van der Waals surface area (Å²) in [4.78, 5) is 41.9. The molecular formula is C27H35Cl2N5O8. The van der Waals surface area contributed by atoms with Crippen LogP contribution in [0, 0.1) is 0 Å². The van der Waals surface area contributed by atoms with Crippen molar-refractivity contribution in [1.82, 2.24) is 16.1 Å². The SMILES string of the molecule is NNC=Nc1cccc(C(=O)NCC(=O)NC(CC(=O)OCCOCCOCCOCCO)c2cc(Cl)cc(Cl)c2)c1. The molecule has 6 N–H and O–H groups in total. The van der Waals surface area contributed by atoms with Gasteiger partial charge in [0.15, 0.2) is 0 Å². The van der Waals surface area contributed by atoms with Crippen LogP contribution >= 0.6 is 23.2 Å². The van der Waals surface area contributed by atoms with E-state index in [9.17, 15) is 14.4 Å². The first kappa shape index (κ1) is 34.9. The van der Waals surface area contributed by atoms with Crippen molar-refractivity contribution < 1.29 is 38.4 Å². The number of aliphatic hydroxyl groups excluding tert-OH is 1. The van der Waals surface area contributed by atoms with E-state index in [1.54, 1.807) is 30.3 Å². The number of hydrazine groups is 1. The third-order valence-electron chi connectivity index (χ3n) is 5.27. The lowest BCUT2D eigenvalue weighted by Crippen LogP contribution is -2.39. The second kappa shape index (κ2) is 20.6. The first-order valence-electron chi connectivity index (χ1n) is 12.9. The molecule has 0 heterocycles. The zero-order chi connectivity index (χ0) is 30.6. The lowest BCUT2D eigenvalue weighted by Gasteiger charge is -2.19. The number of halogens is 2. The average molecular weight is 629 g/mol. The van der Waals surface area contributed by atoms with Crippen LogP contribution in [0.3, 0.4) is 0 Å². The highest BCUT2D eigenvalue weighted by Gasteiger charge is 2.21. The van der Waals surface area contributed by atoms with Gasteiger partial charge in [-0.15, -0.1) is 0 Å². The van der Waals surface area contributed by atoms with Gasteiger partial charge in [0.05, 0.1) is 70.9 Å². The summed E-state index contributed by atoms with van der Waals surface area (Å²) in [6.07, 6.45) is 1.05. The predicted molar refractivity (Wildman–Crippen MR) is 157 cm³/mol. The van der Waals surface area contributed by atoms with Gasteiger partial charge in [-0.05, 0) is 42.0 Å². The van der Waals surface area contributed by atoms with Gasteiger partial charge in [-0.1, -0.05) is 29.3 Å². The number of amides is 2. The third-order valence-corrected chi connectivity index (χ3v) is 5.71. The van der Waals surface area contributed by atoms with Crippen LogP contribution in [0.2, 0.25) is 10.0 Å². The maximum Gasteiger partial charge on any atom is 0.308 e. The molecule has 0 saturated carbocycles. The van der Waals surface area contributed by atoms with E-state index in [0.717, 1.165) is 0 Å². The maximum atomic E-state index is 12.7. The molecule has 15 heteroatoms. The Labute approximate surface area is 253 Å². The van der Waals surface area contributed by atoms with Crippen LogP contribution < -0.4 is 21.9 Å². The minimum atomic E-state index is -0.832. The number of aliphatic imine (C=N–C) groups is 1. The van der Waals surface area contributed by atoms with Crippen LogP contribution in [0.25, 0.3) is 0 Å². The number of carbonyl (C=O) groups excluding carboxylic acids is 3. The molecule has 0 aliphatic carbocycles. The highest BCUT2D eigenvalue weighted by Crippen LogP contribution is 2.26.